The topological polar surface area (TPSA) is 107 Å². The van der Waals surface area contributed by atoms with Crippen molar-refractivity contribution in [1.29, 1.82) is 0 Å². The molecule has 0 unspecified atom stereocenters. The number of unbranched alkanes of at least 4 members (excludes halogenated alkanes) is 1. The fourth-order valence-electron chi connectivity index (χ4n) is 4.92. The number of anilines is 1. The highest BCUT2D eigenvalue weighted by Gasteiger charge is 2.40. The number of benzene rings is 1. The summed E-state index contributed by atoms with van der Waals surface area (Å²) in [6.07, 6.45) is 8.50. The van der Waals surface area contributed by atoms with Gasteiger partial charge in [0, 0.05) is 18.0 Å². The second-order valence-corrected chi connectivity index (χ2v) is 11.2. The number of nitrogens with zero attached hydrogens (tertiary/aromatic N) is 3. The molecule has 2 aliphatic rings. The number of ether oxygens (including phenoxy) is 4. The zero-order valence-corrected chi connectivity index (χ0v) is 25.6. The van der Waals surface area contributed by atoms with E-state index in [-0.39, 0.29) is 11.9 Å². The van der Waals surface area contributed by atoms with Gasteiger partial charge in [0.15, 0.2) is 5.76 Å². The van der Waals surface area contributed by atoms with Crippen molar-refractivity contribution in [2.45, 2.75) is 46.0 Å². The standard InChI is InChI=1S/C31H42ClN5O5/c1-5-12-33-30(38)36-27-9-8-24(17-26(27)32)42-29-25(22(2)34-21-35-29)18-28(39-4)23(3)41-16-7-6-13-37-14-10-31(11-15-37)19-40-20-31/h8-9,17-18,21H,2,5-7,10-16,19-20H2,1,3-4H3,(H2,33,36,38). The number of methoxy groups -OCH3 is 1. The van der Waals surface area contributed by atoms with Crippen LogP contribution in [-0.4, -0.2) is 74.0 Å². The third kappa shape index (κ3) is 8.59. The lowest BCUT2D eigenvalue weighted by Crippen LogP contribution is -2.50. The Balaban J connectivity index is 1.35. The van der Waals surface area contributed by atoms with Crippen LogP contribution in [0.5, 0.6) is 11.6 Å². The molecule has 2 saturated heterocycles. The Labute approximate surface area is 252 Å². The van der Waals surface area contributed by atoms with E-state index in [0.717, 1.165) is 52.1 Å². The lowest BCUT2D eigenvalue weighted by molar-refractivity contribution is -0.139. The van der Waals surface area contributed by atoms with Crippen LogP contribution in [-0.2, 0) is 14.2 Å². The van der Waals surface area contributed by atoms with Crippen molar-refractivity contribution in [2.24, 2.45) is 5.41 Å². The van der Waals surface area contributed by atoms with E-state index in [1.165, 1.54) is 19.2 Å². The Hall–Kier alpha value is -3.34. The highest BCUT2D eigenvalue weighted by atomic mass is 35.5. The van der Waals surface area contributed by atoms with Crippen LogP contribution in [0.4, 0.5) is 10.5 Å². The highest BCUT2D eigenvalue weighted by molar-refractivity contribution is 6.33. The summed E-state index contributed by atoms with van der Waals surface area (Å²) < 4.78 is 23.1. The molecule has 2 aromatic rings. The van der Waals surface area contributed by atoms with Gasteiger partial charge in [-0.15, -0.1) is 0 Å². The summed E-state index contributed by atoms with van der Waals surface area (Å²) in [7, 11) is 1.59. The quantitative estimate of drug-likeness (QED) is 0.257. The van der Waals surface area contributed by atoms with Crippen molar-refractivity contribution in [1.82, 2.24) is 20.2 Å². The number of carbonyl (C=O) groups excluding carboxylic acids is 1. The van der Waals surface area contributed by atoms with Crippen LogP contribution >= 0.6 is 11.6 Å². The Morgan fingerprint density at radius 3 is 2.69 bits per heavy atom. The van der Waals surface area contributed by atoms with E-state index in [9.17, 15) is 4.79 Å². The van der Waals surface area contributed by atoms with Gasteiger partial charge in [-0.3, -0.25) is 0 Å². The molecule has 0 bridgehead atoms. The summed E-state index contributed by atoms with van der Waals surface area (Å²) in [4.78, 5) is 23.1. The molecule has 4 rings (SSSR count). The number of allylic oxidation sites excluding steroid dienone is 2. The van der Waals surface area contributed by atoms with Gasteiger partial charge in [-0.2, -0.15) is 0 Å². The fourth-order valence-corrected chi connectivity index (χ4v) is 5.13. The van der Waals surface area contributed by atoms with Gasteiger partial charge in [0.1, 0.15) is 17.8 Å². The molecule has 0 atom stereocenters. The summed E-state index contributed by atoms with van der Waals surface area (Å²) >= 11 is 6.40. The molecular formula is C31H42ClN5O5. The molecule has 1 aromatic carbocycles. The van der Waals surface area contributed by atoms with Gasteiger partial charge in [0.2, 0.25) is 5.88 Å². The maximum atomic E-state index is 12.0. The molecule has 228 valence electrons. The van der Waals surface area contributed by atoms with E-state index in [0.29, 0.717) is 57.1 Å². The van der Waals surface area contributed by atoms with Gasteiger partial charge < -0.3 is 34.5 Å². The number of piperidine rings is 1. The molecule has 2 amide bonds. The minimum absolute atomic E-state index is 0.284. The third-order valence-corrected chi connectivity index (χ3v) is 7.94. The molecule has 0 aliphatic carbocycles. The van der Waals surface area contributed by atoms with Crippen LogP contribution in [0, 0.1) is 5.41 Å². The molecule has 2 aliphatic heterocycles. The first kappa shape index (κ1) is 31.6. The van der Waals surface area contributed by atoms with Crippen molar-refractivity contribution in [2.75, 3.05) is 58.4 Å². The van der Waals surface area contributed by atoms with Crippen molar-refractivity contribution in [3.63, 3.8) is 0 Å². The zero-order valence-electron chi connectivity index (χ0n) is 24.8. The largest absolute Gasteiger partial charge is 0.494 e. The van der Waals surface area contributed by atoms with Gasteiger partial charge in [-0.1, -0.05) is 25.1 Å². The number of rotatable bonds is 13. The average molecular weight is 600 g/mol. The second kappa shape index (κ2) is 15.2. The first-order chi connectivity index (χ1) is 20.3. The minimum atomic E-state index is -0.321. The first-order valence-corrected chi connectivity index (χ1v) is 14.9. The van der Waals surface area contributed by atoms with Gasteiger partial charge >= 0.3 is 6.03 Å². The summed E-state index contributed by atoms with van der Waals surface area (Å²) in [5.41, 5.74) is 0.940. The van der Waals surface area contributed by atoms with Crippen molar-refractivity contribution < 1.29 is 23.7 Å². The van der Waals surface area contributed by atoms with E-state index in [1.807, 2.05) is 13.8 Å². The van der Waals surface area contributed by atoms with E-state index in [2.05, 4.69) is 32.1 Å². The highest BCUT2D eigenvalue weighted by Crippen LogP contribution is 2.38. The molecule has 0 saturated carbocycles. The first-order valence-electron chi connectivity index (χ1n) is 14.5. The minimum Gasteiger partial charge on any atom is -0.494 e. The molecule has 2 N–H and O–H groups in total. The molecule has 3 heterocycles. The lowest BCUT2D eigenvalue weighted by atomic mass is 9.77. The molecule has 1 spiro atoms. The predicted octanol–water partition coefficient (Wildman–Crippen LogP) is 4.43. The average Bonchev–Trinajstić information content (AvgIpc) is 2.96. The number of urea groups is 1. The van der Waals surface area contributed by atoms with Crippen molar-refractivity contribution in [3.8, 4) is 11.6 Å². The molecule has 11 heteroatoms. The molecular weight excluding hydrogens is 558 g/mol. The Morgan fingerprint density at radius 1 is 1.24 bits per heavy atom. The third-order valence-electron chi connectivity index (χ3n) is 7.63. The number of hydrogen-bond acceptors (Lipinski definition) is 8. The van der Waals surface area contributed by atoms with E-state index >= 15 is 0 Å². The monoisotopic (exact) mass is 599 g/mol. The van der Waals surface area contributed by atoms with E-state index in [1.54, 1.807) is 31.4 Å². The number of carbonyl (C=O) groups is 1. The maximum Gasteiger partial charge on any atom is 0.319 e. The summed E-state index contributed by atoms with van der Waals surface area (Å²) in [6.45, 7) is 14.3. The Bertz CT molecular complexity index is 1350. The summed E-state index contributed by atoms with van der Waals surface area (Å²) in [5.74, 6) is 1.90. The second-order valence-electron chi connectivity index (χ2n) is 10.8. The van der Waals surface area contributed by atoms with Gasteiger partial charge in [-0.05, 0) is 76.9 Å². The molecule has 1 aromatic heterocycles. The van der Waals surface area contributed by atoms with Gasteiger partial charge in [-0.25, -0.2) is 14.8 Å². The molecule has 0 radical (unpaired) electrons. The molecule has 2 fully saturated rings. The Morgan fingerprint density at radius 2 is 2.02 bits per heavy atom. The Kier molecular flexibility index (Phi) is 11.5. The fraction of sp³-hybridized carbons (Fsp3) is 0.516. The van der Waals surface area contributed by atoms with Crippen molar-refractivity contribution in [3.05, 3.63) is 51.6 Å². The van der Waals surface area contributed by atoms with E-state index in [4.69, 9.17) is 30.5 Å². The van der Waals surface area contributed by atoms with Crippen LogP contribution in [0.3, 0.4) is 0 Å². The number of hydrogen-bond donors (Lipinski definition) is 2. The predicted molar refractivity (Wildman–Crippen MR) is 164 cm³/mol. The number of aromatic nitrogens is 2. The smallest absolute Gasteiger partial charge is 0.319 e. The van der Waals surface area contributed by atoms with Crippen LogP contribution < -0.4 is 25.9 Å². The van der Waals surface area contributed by atoms with Crippen LogP contribution in [0.25, 0.3) is 12.7 Å². The normalized spacial score (nSPS) is 17.3. The maximum absolute atomic E-state index is 12.0. The SMILES string of the molecule is C=c1ncnc(Oc2ccc(NC(=O)NCCC)c(Cl)c2)c1=CC(OC)=C(C)OCCCCN1CCC2(CC1)COC2. The van der Waals surface area contributed by atoms with Gasteiger partial charge in [0.05, 0.1) is 48.2 Å². The molecule has 10 nitrogen and oxygen atoms in total. The van der Waals surface area contributed by atoms with Crippen LogP contribution in [0.15, 0.2) is 36.0 Å². The van der Waals surface area contributed by atoms with Crippen LogP contribution in [0.1, 0.15) is 46.0 Å². The van der Waals surface area contributed by atoms with E-state index < -0.39 is 0 Å². The van der Waals surface area contributed by atoms with Gasteiger partial charge in [0.25, 0.3) is 0 Å². The number of likely N-dealkylation sites (tertiary alicyclic amines) is 1. The lowest BCUT2D eigenvalue weighted by Gasteiger charge is -2.47. The zero-order chi connectivity index (χ0) is 30.0. The van der Waals surface area contributed by atoms with Crippen LogP contribution in [0.2, 0.25) is 5.02 Å². The summed E-state index contributed by atoms with van der Waals surface area (Å²) in [6, 6.07) is 4.65. The number of nitrogens with one attached hydrogen (secondary N) is 2. The molecule has 42 heavy (non-hydrogen) atoms. The summed E-state index contributed by atoms with van der Waals surface area (Å²) in [5, 5.41) is 6.82. The van der Waals surface area contributed by atoms with Crippen molar-refractivity contribution >= 4 is 36.0 Å². The number of amides is 2. The number of halogens is 1.